The molecule has 0 aromatic heterocycles. The molecule has 4 N–H and O–H groups in total. The molecule has 1 fully saturated rings. The van der Waals surface area contributed by atoms with Gasteiger partial charge in [-0.15, -0.1) is 8.80 Å². The van der Waals surface area contributed by atoms with Crippen LogP contribution in [0.5, 0.6) is 11.5 Å². The smallest absolute Gasteiger partial charge is 0.269 e. The Morgan fingerprint density at radius 1 is 1.13 bits per heavy atom. The third-order valence-corrected chi connectivity index (χ3v) is 7.30. The van der Waals surface area contributed by atoms with Crippen LogP contribution in [0.25, 0.3) is 0 Å². The molecule has 2 unspecified atom stereocenters. The molecule has 0 aliphatic carbocycles. The number of nitrogens with one attached hydrogen (secondary N) is 2. The Hall–Kier alpha value is -3.44. The zero-order valence-corrected chi connectivity index (χ0v) is 23.0. The van der Waals surface area contributed by atoms with Gasteiger partial charge in [0.25, 0.3) is 17.1 Å². The molecule has 4 rings (SSSR count). The van der Waals surface area contributed by atoms with Crippen molar-refractivity contribution in [3.05, 3.63) is 53.1 Å². The minimum atomic E-state index is -1.85. The number of phenols is 1. The summed E-state index contributed by atoms with van der Waals surface area (Å²) < 4.78 is 25.9. The van der Waals surface area contributed by atoms with Crippen LogP contribution in [0, 0.1) is 12.3 Å². The van der Waals surface area contributed by atoms with Gasteiger partial charge >= 0.3 is 0 Å². The second-order valence-electron chi connectivity index (χ2n) is 10.5. The van der Waals surface area contributed by atoms with Gasteiger partial charge in [0.05, 0.1) is 17.3 Å². The number of carbonyl (C=O) groups is 1. The highest BCUT2D eigenvalue weighted by atomic mass is 32.2. The molecule has 0 bridgehead atoms. The number of phenolic OH excluding ortho intramolecular Hbond substituents is 1. The van der Waals surface area contributed by atoms with Crippen molar-refractivity contribution >= 4 is 34.4 Å². The van der Waals surface area contributed by atoms with Gasteiger partial charge in [-0.1, -0.05) is 39.0 Å². The van der Waals surface area contributed by atoms with Gasteiger partial charge in [0, 0.05) is 13.1 Å². The largest absolute Gasteiger partial charge is 0.505 e. The molecule has 11 heteroatoms. The number of aromatic hydroxyl groups is 1. The Kier molecular flexibility index (Phi) is 8.37. The number of benzene rings is 2. The molecule has 2 aliphatic heterocycles. The Labute approximate surface area is 225 Å². The zero-order valence-electron chi connectivity index (χ0n) is 22.2. The van der Waals surface area contributed by atoms with E-state index < -0.39 is 18.0 Å². The Morgan fingerprint density at radius 3 is 2.50 bits per heavy atom. The molecule has 0 radical (unpaired) electrons. The summed E-state index contributed by atoms with van der Waals surface area (Å²) in [5.41, 5.74) is 1.99. The number of hydrogen-bond donors (Lipinski definition) is 4. The van der Waals surface area contributed by atoms with Crippen molar-refractivity contribution in [3.8, 4) is 11.5 Å². The number of hydrogen-bond acceptors (Lipinski definition) is 7. The Morgan fingerprint density at radius 2 is 1.84 bits per heavy atom. The number of aliphatic hydroxyl groups is 1. The van der Waals surface area contributed by atoms with Gasteiger partial charge in [0.15, 0.2) is 24.2 Å². The maximum absolute atomic E-state index is 13.0. The van der Waals surface area contributed by atoms with Crippen LogP contribution >= 0.6 is 0 Å². The number of rotatable bonds is 6. The lowest BCUT2D eigenvalue weighted by Crippen LogP contribution is -2.41. The van der Waals surface area contributed by atoms with E-state index in [1.54, 1.807) is 29.2 Å². The standard InChI is InChI=1S/C27H35N5O5S/c1-17-15-18(11-12-21(17)37-16-33)23(27(2,3)4)29-25-24(30-38(36)31-25)28-20-10-8-9-19(22(20)34)26(35)32-13-6-5-7-14-32/h8-12,15,23,33-34H,5-7,13-14,16H2,1-4H3,(H,28,30)(H,29,31). The number of anilines is 1. The summed E-state index contributed by atoms with van der Waals surface area (Å²) in [6.45, 7) is 9.02. The van der Waals surface area contributed by atoms with E-state index >= 15 is 0 Å². The molecular weight excluding hydrogens is 506 g/mol. The molecular formula is C27H35N5O5S. The number of amides is 1. The molecule has 2 aromatic carbocycles. The summed E-state index contributed by atoms with van der Waals surface area (Å²) in [5.74, 6) is 0.662. The third kappa shape index (κ3) is 6.16. The molecule has 38 heavy (non-hydrogen) atoms. The molecule has 10 nitrogen and oxygen atoms in total. The number of ether oxygens (including phenoxy) is 1. The number of likely N-dealkylation sites (tertiary alicyclic amines) is 1. The van der Waals surface area contributed by atoms with Gasteiger partial charge in [-0.05, 0) is 60.9 Å². The van der Waals surface area contributed by atoms with E-state index in [1.165, 1.54) is 0 Å². The van der Waals surface area contributed by atoms with Crippen LogP contribution < -0.4 is 15.4 Å². The fraction of sp³-hybridized carbons (Fsp3) is 0.444. The van der Waals surface area contributed by atoms with Gasteiger partial charge in [-0.3, -0.25) is 4.79 Å². The van der Waals surface area contributed by atoms with E-state index in [9.17, 15) is 14.1 Å². The number of nitrogens with zero attached hydrogens (tertiary/aromatic N) is 3. The molecule has 2 heterocycles. The van der Waals surface area contributed by atoms with Crippen LogP contribution in [0.3, 0.4) is 0 Å². The minimum Gasteiger partial charge on any atom is -0.505 e. The monoisotopic (exact) mass is 541 g/mol. The van der Waals surface area contributed by atoms with Crippen LogP contribution in [0.2, 0.25) is 0 Å². The van der Waals surface area contributed by atoms with Crippen molar-refractivity contribution in [1.82, 2.24) is 10.2 Å². The number of para-hydroxylation sites is 1. The lowest BCUT2D eigenvalue weighted by molar-refractivity contribution is 0.0721. The predicted molar refractivity (Wildman–Crippen MR) is 149 cm³/mol. The Bertz CT molecular complexity index is 1280. The van der Waals surface area contributed by atoms with E-state index in [4.69, 9.17) is 9.84 Å². The van der Waals surface area contributed by atoms with Crippen molar-refractivity contribution < 1.29 is 24.0 Å². The first-order valence-electron chi connectivity index (χ1n) is 12.7. The second-order valence-corrected chi connectivity index (χ2v) is 11.4. The number of carbonyl (C=O) groups excluding carboxylic acids is 1. The minimum absolute atomic E-state index is 0.190. The fourth-order valence-corrected chi connectivity index (χ4v) is 5.30. The molecule has 2 atom stereocenters. The summed E-state index contributed by atoms with van der Waals surface area (Å²) in [4.78, 5) is 14.8. The summed E-state index contributed by atoms with van der Waals surface area (Å²) in [6, 6.07) is 10.3. The second kappa shape index (κ2) is 11.5. The molecule has 0 saturated carbocycles. The molecule has 1 amide bonds. The molecule has 2 aromatic rings. The van der Waals surface area contributed by atoms with Gasteiger partial charge in [-0.2, -0.15) is 0 Å². The summed E-state index contributed by atoms with van der Waals surface area (Å²) in [5, 5.41) is 26.5. The highest BCUT2D eigenvalue weighted by Crippen LogP contribution is 2.35. The third-order valence-electron chi connectivity index (χ3n) is 6.63. The highest BCUT2D eigenvalue weighted by Gasteiger charge is 2.32. The average Bonchev–Trinajstić information content (AvgIpc) is 3.23. The van der Waals surface area contributed by atoms with Crippen LogP contribution in [-0.4, -0.2) is 56.8 Å². The Balaban J connectivity index is 1.57. The summed E-state index contributed by atoms with van der Waals surface area (Å²) in [6.07, 6.45) is 2.99. The zero-order chi connectivity index (χ0) is 27.4. The molecule has 204 valence electrons. The maximum Gasteiger partial charge on any atom is 0.269 e. The van der Waals surface area contributed by atoms with Crippen molar-refractivity contribution in [3.63, 3.8) is 0 Å². The van der Waals surface area contributed by atoms with Crippen molar-refractivity contribution in [2.75, 3.05) is 25.2 Å². The van der Waals surface area contributed by atoms with Crippen molar-refractivity contribution in [1.29, 1.82) is 0 Å². The topological polar surface area (TPSA) is 136 Å². The van der Waals surface area contributed by atoms with Crippen LogP contribution in [0.4, 0.5) is 5.69 Å². The van der Waals surface area contributed by atoms with Crippen molar-refractivity contribution in [2.24, 2.45) is 14.2 Å². The molecule has 1 saturated heterocycles. The lowest BCUT2D eigenvalue weighted by Gasteiger charge is -2.33. The normalized spacial score (nSPS) is 18.4. The SMILES string of the molecule is Cc1cc(C(NC2=NS(=O)N=C2Nc2cccc(C(=O)N3CCCCC3)c2O)C(C)(C)C)ccc1OCO. The average molecular weight is 542 g/mol. The van der Waals surface area contributed by atoms with Crippen LogP contribution in [-0.2, 0) is 11.2 Å². The van der Waals surface area contributed by atoms with Crippen LogP contribution in [0.1, 0.15) is 67.6 Å². The fourth-order valence-electron chi connectivity index (χ4n) is 4.67. The first kappa shape index (κ1) is 27.6. The first-order chi connectivity index (χ1) is 18.1. The van der Waals surface area contributed by atoms with E-state index in [2.05, 4.69) is 40.2 Å². The van der Waals surface area contributed by atoms with Crippen molar-refractivity contribution in [2.45, 2.75) is 53.0 Å². The first-order valence-corrected chi connectivity index (χ1v) is 13.7. The number of amidine groups is 2. The van der Waals surface area contributed by atoms with Gasteiger partial charge in [-0.25, -0.2) is 4.21 Å². The van der Waals surface area contributed by atoms with Crippen LogP contribution in [0.15, 0.2) is 45.2 Å². The van der Waals surface area contributed by atoms with E-state index in [0.717, 1.165) is 30.4 Å². The quantitative estimate of drug-likeness (QED) is 0.322. The van der Waals surface area contributed by atoms with E-state index in [1.807, 2.05) is 19.1 Å². The van der Waals surface area contributed by atoms with Gasteiger partial charge in [0.1, 0.15) is 5.75 Å². The predicted octanol–water partition coefficient (Wildman–Crippen LogP) is 3.83. The highest BCUT2D eigenvalue weighted by molar-refractivity contribution is 7.83. The lowest BCUT2D eigenvalue weighted by atomic mass is 9.82. The van der Waals surface area contributed by atoms with Gasteiger partial charge in [0.2, 0.25) is 0 Å². The molecule has 2 aliphatic rings. The molecule has 0 spiro atoms. The summed E-state index contributed by atoms with van der Waals surface area (Å²) in [7, 11) is 0. The van der Waals surface area contributed by atoms with E-state index in [-0.39, 0.29) is 46.0 Å². The van der Waals surface area contributed by atoms with Gasteiger partial charge < -0.3 is 30.5 Å². The number of piperidine rings is 1. The van der Waals surface area contributed by atoms with E-state index in [0.29, 0.717) is 18.8 Å². The summed E-state index contributed by atoms with van der Waals surface area (Å²) >= 11 is -1.85. The number of aliphatic hydroxyl groups excluding tert-OH is 1. The maximum atomic E-state index is 13.0. The number of aryl methyl sites for hydroxylation is 1.